The monoisotopic (exact) mass is 452 g/mol. The summed E-state index contributed by atoms with van der Waals surface area (Å²) in [5.41, 5.74) is 1.17. The number of carbonyl (C=O) groups excluding carboxylic acids is 3. The zero-order valence-corrected chi connectivity index (χ0v) is 16.8. The van der Waals surface area contributed by atoms with Gasteiger partial charge in [0.15, 0.2) is 6.10 Å². The van der Waals surface area contributed by atoms with E-state index in [0.29, 0.717) is 10.6 Å². The second-order valence-electron chi connectivity index (χ2n) is 5.63. The van der Waals surface area contributed by atoms with Crippen LogP contribution in [0.5, 0.6) is 0 Å². The Bertz CT molecular complexity index is 827. The van der Waals surface area contributed by atoms with Crippen LogP contribution in [0.3, 0.4) is 0 Å². The molecule has 1 unspecified atom stereocenters. The summed E-state index contributed by atoms with van der Waals surface area (Å²) in [4.78, 5) is 35.8. The summed E-state index contributed by atoms with van der Waals surface area (Å²) in [5, 5.41) is 5.64. The van der Waals surface area contributed by atoms with Gasteiger partial charge in [0.2, 0.25) is 0 Å². The van der Waals surface area contributed by atoms with Gasteiger partial charge in [-0.25, -0.2) is 0 Å². The lowest BCUT2D eigenvalue weighted by atomic mass is 10.2. The Hall–Kier alpha value is -2.38. The molecule has 2 N–H and O–H groups in total. The second-order valence-corrected chi connectivity index (χ2v) is 6.95. The predicted molar refractivity (Wildman–Crippen MR) is 105 cm³/mol. The van der Waals surface area contributed by atoms with Crippen molar-refractivity contribution in [2.75, 3.05) is 6.54 Å². The van der Waals surface area contributed by atoms with Gasteiger partial charge in [0, 0.05) is 21.6 Å². The van der Waals surface area contributed by atoms with Crippen molar-refractivity contribution in [2.24, 2.45) is 0 Å². The molecule has 0 saturated heterocycles. The van der Waals surface area contributed by atoms with Crippen molar-refractivity contribution in [3.05, 3.63) is 69.2 Å². The van der Waals surface area contributed by atoms with E-state index in [2.05, 4.69) is 26.6 Å². The first-order chi connectivity index (χ1) is 12.9. The third-order valence-electron chi connectivity index (χ3n) is 3.59. The van der Waals surface area contributed by atoms with Crippen LogP contribution >= 0.6 is 27.5 Å². The lowest BCUT2D eigenvalue weighted by Crippen LogP contribution is -2.38. The fourth-order valence-electron chi connectivity index (χ4n) is 2.12. The van der Waals surface area contributed by atoms with Crippen LogP contribution in [-0.4, -0.2) is 30.4 Å². The van der Waals surface area contributed by atoms with Crippen molar-refractivity contribution >= 4 is 45.3 Å². The summed E-state index contributed by atoms with van der Waals surface area (Å²) in [7, 11) is 0. The van der Waals surface area contributed by atoms with Gasteiger partial charge in [-0.1, -0.05) is 45.7 Å². The Morgan fingerprint density at radius 2 is 1.74 bits per heavy atom. The number of carbonyl (C=O) groups is 3. The molecule has 8 heteroatoms. The molecule has 0 radical (unpaired) electrons. The lowest BCUT2D eigenvalue weighted by molar-refractivity contribution is -0.153. The van der Waals surface area contributed by atoms with Crippen molar-refractivity contribution in [1.82, 2.24) is 10.6 Å². The summed E-state index contributed by atoms with van der Waals surface area (Å²) < 4.78 is 5.87. The van der Waals surface area contributed by atoms with Gasteiger partial charge in [-0.2, -0.15) is 0 Å². The average molecular weight is 454 g/mol. The van der Waals surface area contributed by atoms with Crippen LogP contribution in [0, 0.1) is 0 Å². The van der Waals surface area contributed by atoms with E-state index in [1.54, 1.807) is 42.5 Å². The first-order valence-electron chi connectivity index (χ1n) is 8.11. The normalized spacial score (nSPS) is 11.4. The van der Waals surface area contributed by atoms with Crippen LogP contribution in [0.4, 0.5) is 0 Å². The lowest BCUT2D eigenvalue weighted by Gasteiger charge is -2.14. The van der Waals surface area contributed by atoms with Gasteiger partial charge in [0.25, 0.3) is 11.8 Å². The Labute approximate surface area is 170 Å². The van der Waals surface area contributed by atoms with Gasteiger partial charge in [-0.15, -0.1) is 0 Å². The zero-order valence-electron chi connectivity index (χ0n) is 14.5. The van der Waals surface area contributed by atoms with Crippen molar-refractivity contribution in [2.45, 2.75) is 19.6 Å². The van der Waals surface area contributed by atoms with E-state index < -0.39 is 23.9 Å². The first kappa shape index (κ1) is 20.9. The van der Waals surface area contributed by atoms with Crippen molar-refractivity contribution in [1.29, 1.82) is 0 Å². The molecular formula is C19H18BrClN2O4. The number of rotatable bonds is 7. The molecule has 0 aliphatic carbocycles. The number of amides is 2. The van der Waals surface area contributed by atoms with Gasteiger partial charge >= 0.3 is 5.97 Å². The molecule has 0 aliphatic heterocycles. The summed E-state index contributed by atoms with van der Waals surface area (Å²) in [6.07, 6.45) is -0.996. The first-order valence-corrected chi connectivity index (χ1v) is 9.28. The minimum Gasteiger partial charge on any atom is -0.451 e. The van der Waals surface area contributed by atoms with Gasteiger partial charge in [-0.3, -0.25) is 14.4 Å². The molecule has 0 aromatic heterocycles. The number of ether oxygens (including phenoxy) is 1. The highest BCUT2D eigenvalue weighted by atomic mass is 79.9. The summed E-state index contributed by atoms with van der Waals surface area (Å²) in [5.74, 6) is -1.57. The highest BCUT2D eigenvalue weighted by Crippen LogP contribution is 2.14. The van der Waals surface area contributed by atoms with Crippen molar-refractivity contribution < 1.29 is 19.1 Å². The fraction of sp³-hybridized carbons (Fsp3) is 0.211. The van der Waals surface area contributed by atoms with Gasteiger partial charge in [0.05, 0.1) is 0 Å². The molecule has 142 valence electrons. The number of hydrogen-bond acceptors (Lipinski definition) is 4. The minimum atomic E-state index is -0.996. The third-order valence-corrected chi connectivity index (χ3v) is 4.49. The standard InChI is InChI=1S/C19H18BrClN2O4/c1-12(18(25)22-10-14-4-2-3-5-16(14)21)27-17(24)11-23-19(26)13-6-8-15(20)9-7-13/h2-9,12H,10-11H2,1H3,(H,22,25)(H,23,26). The molecule has 2 amide bonds. The Balaban J connectivity index is 1.75. The van der Waals surface area contributed by atoms with Crippen molar-refractivity contribution in [3.63, 3.8) is 0 Å². The van der Waals surface area contributed by atoms with Gasteiger partial charge in [0.1, 0.15) is 6.54 Å². The molecule has 0 heterocycles. The van der Waals surface area contributed by atoms with Crippen LogP contribution in [0.15, 0.2) is 53.0 Å². The van der Waals surface area contributed by atoms with Crippen LogP contribution in [0.1, 0.15) is 22.8 Å². The van der Waals surface area contributed by atoms with Crippen molar-refractivity contribution in [3.8, 4) is 0 Å². The fourth-order valence-corrected chi connectivity index (χ4v) is 2.58. The molecule has 0 bridgehead atoms. The third kappa shape index (κ3) is 6.69. The number of esters is 1. The maximum absolute atomic E-state index is 12.0. The van der Waals surface area contributed by atoms with E-state index in [1.807, 2.05) is 6.07 Å². The van der Waals surface area contributed by atoms with Gasteiger partial charge in [-0.05, 0) is 42.8 Å². The average Bonchev–Trinajstić information content (AvgIpc) is 2.65. The molecule has 27 heavy (non-hydrogen) atoms. The minimum absolute atomic E-state index is 0.223. The van der Waals surface area contributed by atoms with Crippen LogP contribution < -0.4 is 10.6 Å². The molecule has 2 aromatic carbocycles. The molecular weight excluding hydrogens is 436 g/mol. The van der Waals surface area contributed by atoms with E-state index in [4.69, 9.17) is 16.3 Å². The molecule has 2 rings (SSSR count). The molecule has 2 aromatic rings. The Morgan fingerprint density at radius 3 is 2.41 bits per heavy atom. The van der Waals surface area contributed by atoms with Crippen LogP contribution in [0.25, 0.3) is 0 Å². The van der Waals surface area contributed by atoms with Gasteiger partial charge < -0.3 is 15.4 Å². The summed E-state index contributed by atoms with van der Waals surface area (Å²) in [6, 6.07) is 13.8. The molecule has 0 aliphatic rings. The molecule has 0 spiro atoms. The Kier molecular flexibility index (Phi) is 7.82. The predicted octanol–water partition coefficient (Wildman–Crippen LogP) is 3.08. The quantitative estimate of drug-likeness (QED) is 0.631. The summed E-state index contributed by atoms with van der Waals surface area (Å²) in [6.45, 7) is 1.34. The SMILES string of the molecule is CC(OC(=O)CNC(=O)c1ccc(Br)cc1)C(=O)NCc1ccccc1Cl. The number of halogens is 2. The molecule has 0 saturated carbocycles. The second kappa shape index (κ2) is 10.1. The van der Waals surface area contributed by atoms with E-state index in [1.165, 1.54) is 6.92 Å². The van der Waals surface area contributed by atoms with E-state index in [9.17, 15) is 14.4 Å². The maximum Gasteiger partial charge on any atom is 0.326 e. The number of hydrogen-bond donors (Lipinski definition) is 2. The number of nitrogens with one attached hydrogen (secondary N) is 2. The highest BCUT2D eigenvalue weighted by Gasteiger charge is 2.18. The van der Waals surface area contributed by atoms with E-state index in [-0.39, 0.29) is 13.1 Å². The number of benzene rings is 2. The zero-order chi connectivity index (χ0) is 19.8. The van der Waals surface area contributed by atoms with Crippen LogP contribution in [0.2, 0.25) is 5.02 Å². The smallest absolute Gasteiger partial charge is 0.326 e. The molecule has 0 fully saturated rings. The summed E-state index contributed by atoms with van der Waals surface area (Å²) >= 11 is 9.30. The molecule has 6 nitrogen and oxygen atoms in total. The van der Waals surface area contributed by atoms with Crippen LogP contribution in [-0.2, 0) is 20.9 Å². The van der Waals surface area contributed by atoms with E-state index >= 15 is 0 Å². The topological polar surface area (TPSA) is 84.5 Å². The molecule has 1 atom stereocenters. The maximum atomic E-state index is 12.0. The van der Waals surface area contributed by atoms with E-state index in [0.717, 1.165) is 10.0 Å². The highest BCUT2D eigenvalue weighted by molar-refractivity contribution is 9.10. The largest absolute Gasteiger partial charge is 0.451 e. The Morgan fingerprint density at radius 1 is 1.07 bits per heavy atom.